The quantitative estimate of drug-likeness (QED) is 0.264. The molecule has 0 radical (unpaired) electrons. The van der Waals surface area contributed by atoms with Crippen LogP contribution in [0.1, 0.15) is 73.5 Å². The van der Waals surface area contributed by atoms with Crippen molar-refractivity contribution in [1.82, 2.24) is 0 Å². The third-order valence-electron chi connectivity index (χ3n) is 6.08. The maximum atomic E-state index is 13.3. The lowest BCUT2D eigenvalue weighted by molar-refractivity contribution is -0.386. The Balaban J connectivity index is 1.78. The maximum Gasteiger partial charge on any atom is 0.412 e. The minimum atomic E-state index is -0.895. The third-order valence-corrected chi connectivity index (χ3v) is 6.53. The summed E-state index contributed by atoms with van der Waals surface area (Å²) in [6.45, 7) is 8.41. The smallest absolute Gasteiger partial charge is 0.412 e. The van der Waals surface area contributed by atoms with Crippen molar-refractivity contribution in [3.8, 4) is 5.75 Å². The molecule has 3 aromatic carbocycles. The number of halogens is 1. The molecular weight excluding hydrogens is 512 g/mol. The van der Waals surface area contributed by atoms with Crippen LogP contribution in [-0.4, -0.2) is 11.0 Å². The SMILES string of the molecule is CC(C)c1cccc(C(C)C)c1NC(=O)OC1c2ccccc2COc2c1cc(Br)cc2[N+](=O)[O-]. The summed E-state index contributed by atoms with van der Waals surface area (Å²) >= 11 is 3.36. The zero-order valence-corrected chi connectivity index (χ0v) is 21.6. The number of nitrogens with zero attached hydrogens (tertiary/aromatic N) is 1. The van der Waals surface area contributed by atoms with Crippen LogP contribution in [0.4, 0.5) is 16.2 Å². The van der Waals surface area contributed by atoms with Gasteiger partial charge >= 0.3 is 11.8 Å². The Hall–Kier alpha value is -3.39. The highest BCUT2D eigenvalue weighted by molar-refractivity contribution is 9.10. The number of carbonyl (C=O) groups is 1. The largest absolute Gasteiger partial charge is 0.482 e. The molecule has 182 valence electrons. The van der Waals surface area contributed by atoms with Gasteiger partial charge in [-0.05, 0) is 34.6 Å². The van der Waals surface area contributed by atoms with Crippen molar-refractivity contribution >= 4 is 33.4 Å². The first-order valence-electron chi connectivity index (χ1n) is 11.5. The first-order valence-corrected chi connectivity index (χ1v) is 12.3. The van der Waals surface area contributed by atoms with E-state index in [4.69, 9.17) is 9.47 Å². The number of para-hydroxylation sites is 1. The maximum absolute atomic E-state index is 13.3. The summed E-state index contributed by atoms with van der Waals surface area (Å²) in [5, 5.41) is 14.7. The average Bonchev–Trinajstić information content (AvgIpc) is 2.95. The molecule has 0 aromatic heterocycles. The number of nitro benzene ring substituents is 1. The minimum absolute atomic E-state index is 0.0950. The molecule has 8 heteroatoms. The Bertz CT molecular complexity index is 1260. The van der Waals surface area contributed by atoms with Crippen molar-refractivity contribution in [3.63, 3.8) is 0 Å². The molecule has 0 aliphatic carbocycles. The van der Waals surface area contributed by atoms with E-state index in [1.807, 2.05) is 42.5 Å². The van der Waals surface area contributed by atoms with Crippen molar-refractivity contribution in [2.45, 2.75) is 52.2 Å². The number of hydrogen-bond acceptors (Lipinski definition) is 5. The molecule has 0 spiro atoms. The van der Waals surface area contributed by atoms with Gasteiger partial charge < -0.3 is 9.47 Å². The molecule has 1 heterocycles. The van der Waals surface area contributed by atoms with Gasteiger partial charge in [-0.3, -0.25) is 15.4 Å². The summed E-state index contributed by atoms with van der Waals surface area (Å²) in [5.41, 5.74) is 4.48. The summed E-state index contributed by atoms with van der Waals surface area (Å²) in [4.78, 5) is 24.6. The van der Waals surface area contributed by atoms with Crippen LogP contribution >= 0.6 is 15.9 Å². The molecule has 1 aliphatic rings. The van der Waals surface area contributed by atoms with E-state index in [1.165, 1.54) is 6.07 Å². The molecular formula is C27H27BrN2O5. The molecule has 0 saturated carbocycles. The number of anilines is 1. The van der Waals surface area contributed by atoms with E-state index in [1.54, 1.807) is 6.07 Å². The highest BCUT2D eigenvalue weighted by atomic mass is 79.9. The number of carbonyl (C=O) groups excluding carboxylic acids is 1. The van der Waals surface area contributed by atoms with Gasteiger partial charge in [-0.25, -0.2) is 4.79 Å². The van der Waals surface area contributed by atoms with Gasteiger partial charge in [0.15, 0.2) is 6.10 Å². The molecule has 4 rings (SSSR count). The summed E-state index contributed by atoms with van der Waals surface area (Å²) in [7, 11) is 0. The van der Waals surface area contributed by atoms with Crippen LogP contribution in [0.15, 0.2) is 59.1 Å². The normalized spacial score (nSPS) is 14.5. The van der Waals surface area contributed by atoms with E-state index in [2.05, 4.69) is 48.9 Å². The van der Waals surface area contributed by atoms with Gasteiger partial charge in [-0.15, -0.1) is 0 Å². The van der Waals surface area contributed by atoms with Crippen molar-refractivity contribution in [2.75, 3.05) is 5.32 Å². The van der Waals surface area contributed by atoms with Crippen LogP contribution in [0.25, 0.3) is 0 Å². The summed E-state index contributed by atoms with van der Waals surface area (Å²) < 4.78 is 12.4. The molecule has 0 saturated heterocycles. The lowest BCUT2D eigenvalue weighted by atomic mass is 9.93. The van der Waals surface area contributed by atoms with Crippen molar-refractivity contribution < 1.29 is 19.2 Å². The van der Waals surface area contributed by atoms with Gasteiger partial charge in [0.05, 0.1) is 10.6 Å². The predicted molar refractivity (Wildman–Crippen MR) is 138 cm³/mol. The molecule has 1 atom stereocenters. The topological polar surface area (TPSA) is 90.7 Å². The number of rotatable bonds is 5. The molecule has 1 N–H and O–H groups in total. The van der Waals surface area contributed by atoms with Crippen LogP contribution in [0.5, 0.6) is 5.75 Å². The molecule has 0 bridgehead atoms. The van der Waals surface area contributed by atoms with Gasteiger partial charge in [0, 0.05) is 21.7 Å². The minimum Gasteiger partial charge on any atom is -0.482 e. The second-order valence-electron chi connectivity index (χ2n) is 9.12. The van der Waals surface area contributed by atoms with E-state index in [0.717, 1.165) is 27.9 Å². The van der Waals surface area contributed by atoms with E-state index in [-0.39, 0.29) is 29.9 Å². The average molecular weight is 539 g/mol. The van der Waals surface area contributed by atoms with Crippen LogP contribution in [0.3, 0.4) is 0 Å². The van der Waals surface area contributed by atoms with Crippen molar-refractivity contribution in [3.05, 3.63) is 97.0 Å². The number of amides is 1. The lowest BCUT2D eigenvalue weighted by Gasteiger charge is -2.23. The van der Waals surface area contributed by atoms with E-state index in [0.29, 0.717) is 10.0 Å². The predicted octanol–water partition coefficient (Wildman–Crippen LogP) is 7.83. The number of fused-ring (bicyclic) bond motifs is 2. The zero-order valence-electron chi connectivity index (χ0n) is 20.0. The lowest BCUT2D eigenvalue weighted by Crippen LogP contribution is -2.21. The Morgan fingerprint density at radius 1 is 1.06 bits per heavy atom. The van der Waals surface area contributed by atoms with Crippen LogP contribution in [0, 0.1) is 10.1 Å². The second-order valence-corrected chi connectivity index (χ2v) is 10.0. The zero-order chi connectivity index (χ0) is 25.3. The van der Waals surface area contributed by atoms with Gasteiger partial charge in [0.2, 0.25) is 5.75 Å². The Morgan fingerprint density at radius 2 is 1.71 bits per heavy atom. The van der Waals surface area contributed by atoms with Crippen LogP contribution < -0.4 is 10.1 Å². The molecule has 1 unspecified atom stereocenters. The number of nitrogens with one attached hydrogen (secondary N) is 1. The molecule has 0 fully saturated rings. The van der Waals surface area contributed by atoms with Gasteiger partial charge in [0.1, 0.15) is 6.61 Å². The Labute approximate surface area is 212 Å². The standard InChI is InChI=1S/C27H27BrN2O5/c1-15(2)19-10-7-11-20(16(3)4)24(19)29-27(31)35-25-21-9-6-5-8-17(21)14-34-26-22(25)12-18(28)13-23(26)30(32)33/h5-13,15-16,25H,14H2,1-4H3,(H,29,31). The van der Waals surface area contributed by atoms with E-state index < -0.39 is 17.1 Å². The number of hydrogen-bond donors (Lipinski definition) is 1. The monoisotopic (exact) mass is 538 g/mol. The van der Waals surface area contributed by atoms with E-state index >= 15 is 0 Å². The van der Waals surface area contributed by atoms with Gasteiger partial charge in [-0.1, -0.05) is 86.1 Å². The number of benzene rings is 3. The Kier molecular flexibility index (Phi) is 7.12. The highest BCUT2D eigenvalue weighted by Crippen LogP contribution is 2.45. The highest BCUT2D eigenvalue weighted by Gasteiger charge is 2.33. The second kappa shape index (κ2) is 10.1. The number of ether oxygens (including phenoxy) is 2. The Morgan fingerprint density at radius 3 is 2.34 bits per heavy atom. The van der Waals surface area contributed by atoms with Crippen LogP contribution in [-0.2, 0) is 11.3 Å². The first kappa shape index (κ1) is 24.7. The summed E-state index contributed by atoms with van der Waals surface area (Å²) in [6.07, 6.45) is -1.54. The summed E-state index contributed by atoms with van der Waals surface area (Å²) in [5.74, 6) is 0.475. The summed E-state index contributed by atoms with van der Waals surface area (Å²) in [6, 6.07) is 16.5. The van der Waals surface area contributed by atoms with Gasteiger partial charge in [-0.2, -0.15) is 0 Å². The van der Waals surface area contributed by atoms with Gasteiger partial charge in [0.25, 0.3) is 0 Å². The fourth-order valence-electron chi connectivity index (χ4n) is 4.39. The fraction of sp³-hybridized carbons (Fsp3) is 0.296. The number of nitro groups is 1. The van der Waals surface area contributed by atoms with Crippen molar-refractivity contribution in [2.24, 2.45) is 0 Å². The first-order chi connectivity index (χ1) is 16.7. The van der Waals surface area contributed by atoms with Crippen molar-refractivity contribution in [1.29, 1.82) is 0 Å². The molecule has 35 heavy (non-hydrogen) atoms. The molecule has 1 amide bonds. The van der Waals surface area contributed by atoms with E-state index in [9.17, 15) is 14.9 Å². The fourth-order valence-corrected chi connectivity index (χ4v) is 4.85. The van der Waals surface area contributed by atoms with Crippen LogP contribution in [0.2, 0.25) is 0 Å². The molecule has 3 aromatic rings. The third kappa shape index (κ3) is 5.03. The molecule has 7 nitrogen and oxygen atoms in total. The molecule has 1 aliphatic heterocycles.